The lowest BCUT2D eigenvalue weighted by Gasteiger charge is -2.45. The van der Waals surface area contributed by atoms with Gasteiger partial charge in [-0.05, 0) is 56.9 Å². The lowest BCUT2D eigenvalue weighted by molar-refractivity contribution is -0.137. The third-order valence-electron chi connectivity index (χ3n) is 5.50. The molecule has 21 heavy (non-hydrogen) atoms. The van der Waals surface area contributed by atoms with Gasteiger partial charge in [0.15, 0.2) is 0 Å². The molecule has 3 aliphatic rings. The Morgan fingerprint density at radius 2 is 1.76 bits per heavy atom. The number of carbonyl (C=O) groups is 1. The van der Waals surface area contributed by atoms with Gasteiger partial charge in [0.2, 0.25) is 5.91 Å². The van der Waals surface area contributed by atoms with Crippen LogP contribution in [0.15, 0.2) is 0 Å². The van der Waals surface area contributed by atoms with Crippen LogP contribution in [0.1, 0.15) is 65.2 Å². The topological polar surface area (TPSA) is 23.6 Å². The van der Waals surface area contributed by atoms with Gasteiger partial charge in [-0.2, -0.15) is 0 Å². The van der Waals surface area contributed by atoms with Crippen LogP contribution in [0.25, 0.3) is 0 Å². The Kier molecular flexibility index (Phi) is 4.88. The van der Waals surface area contributed by atoms with Crippen molar-refractivity contribution in [1.29, 1.82) is 0 Å². The van der Waals surface area contributed by atoms with Gasteiger partial charge in [-0.1, -0.05) is 20.3 Å². The van der Waals surface area contributed by atoms with Crippen LogP contribution in [-0.4, -0.2) is 47.4 Å². The fraction of sp³-hybridized carbons (Fsp3) is 0.944. The van der Waals surface area contributed by atoms with Gasteiger partial charge in [-0.15, -0.1) is 0 Å². The van der Waals surface area contributed by atoms with Crippen molar-refractivity contribution < 1.29 is 4.79 Å². The molecule has 120 valence electrons. The molecule has 0 spiro atoms. The number of hydrogen-bond acceptors (Lipinski definition) is 2. The SMILES string of the molecule is CC(C)CC(=O)N1CCC[C@@H]2[C@H]1CCCCN2CC1CC1. The van der Waals surface area contributed by atoms with Crippen molar-refractivity contribution in [3.05, 3.63) is 0 Å². The second-order valence-corrected chi connectivity index (χ2v) is 7.90. The van der Waals surface area contributed by atoms with E-state index in [1.54, 1.807) is 0 Å². The van der Waals surface area contributed by atoms with E-state index in [4.69, 9.17) is 0 Å². The highest BCUT2D eigenvalue weighted by Gasteiger charge is 2.39. The zero-order chi connectivity index (χ0) is 14.8. The molecule has 0 aromatic carbocycles. The van der Waals surface area contributed by atoms with E-state index in [-0.39, 0.29) is 0 Å². The molecular formula is C18H32N2O. The van der Waals surface area contributed by atoms with Crippen molar-refractivity contribution in [2.24, 2.45) is 11.8 Å². The first-order valence-corrected chi connectivity index (χ1v) is 9.18. The van der Waals surface area contributed by atoms with Crippen LogP contribution in [0.2, 0.25) is 0 Å². The Hall–Kier alpha value is -0.570. The number of likely N-dealkylation sites (tertiary alicyclic amines) is 2. The summed E-state index contributed by atoms with van der Waals surface area (Å²) in [6.07, 6.45) is 9.96. The van der Waals surface area contributed by atoms with Gasteiger partial charge in [0.1, 0.15) is 0 Å². The molecule has 0 bridgehead atoms. The summed E-state index contributed by atoms with van der Waals surface area (Å²) in [4.78, 5) is 17.6. The molecule has 0 N–H and O–H groups in total. The number of nitrogens with zero attached hydrogens (tertiary/aromatic N) is 2. The number of piperidine rings is 1. The van der Waals surface area contributed by atoms with Crippen LogP contribution in [0.5, 0.6) is 0 Å². The largest absolute Gasteiger partial charge is 0.338 e. The number of carbonyl (C=O) groups excluding carboxylic acids is 1. The third-order valence-corrected chi connectivity index (χ3v) is 5.50. The summed E-state index contributed by atoms with van der Waals surface area (Å²) in [5, 5.41) is 0. The molecule has 0 aromatic heterocycles. The molecule has 2 saturated heterocycles. The van der Waals surface area contributed by atoms with Crippen molar-refractivity contribution >= 4 is 5.91 Å². The van der Waals surface area contributed by atoms with Gasteiger partial charge in [-0.25, -0.2) is 0 Å². The van der Waals surface area contributed by atoms with Crippen molar-refractivity contribution in [3.8, 4) is 0 Å². The second-order valence-electron chi connectivity index (χ2n) is 7.90. The Morgan fingerprint density at radius 3 is 2.48 bits per heavy atom. The van der Waals surface area contributed by atoms with E-state index in [9.17, 15) is 4.79 Å². The first-order chi connectivity index (χ1) is 10.1. The van der Waals surface area contributed by atoms with Gasteiger partial charge in [-0.3, -0.25) is 9.69 Å². The maximum atomic E-state index is 12.6. The molecular weight excluding hydrogens is 260 g/mol. The maximum absolute atomic E-state index is 12.6. The normalized spacial score (nSPS) is 31.1. The van der Waals surface area contributed by atoms with E-state index in [1.807, 2.05) is 0 Å². The standard InChI is InChI=1S/C18H32N2O/c1-14(2)12-18(21)20-11-5-7-16-17(20)6-3-4-10-19(16)13-15-8-9-15/h14-17H,3-13H2,1-2H3/t16-,17-/m1/s1. The summed E-state index contributed by atoms with van der Waals surface area (Å²) in [6, 6.07) is 1.16. The van der Waals surface area contributed by atoms with E-state index in [0.717, 1.165) is 18.9 Å². The van der Waals surface area contributed by atoms with Crippen LogP contribution in [0.3, 0.4) is 0 Å². The Balaban J connectivity index is 1.70. The quantitative estimate of drug-likeness (QED) is 0.794. The molecule has 2 heterocycles. The predicted octanol–water partition coefficient (Wildman–Crippen LogP) is 3.29. The van der Waals surface area contributed by atoms with E-state index >= 15 is 0 Å². The van der Waals surface area contributed by atoms with Crippen LogP contribution >= 0.6 is 0 Å². The molecule has 3 rings (SSSR count). The molecule has 3 fully saturated rings. The number of amides is 1. The fourth-order valence-electron chi connectivity index (χ4n) is 4.28. The first kappa shape index (κ1) is 15.3. The number of hydrogen-bond donors (Lipinski definition) is 0. The van der Waals surface area contributed by atoms with Gasteiger partial charge in [0.05, 0.1) is 0 Å². The van der Waals surface area contributed by atoms with Crippen LogP contribution in [-0.2, 0) is 4.79 Å². The van der Waals surface area contributed by atoms with E-state index < -0.39 is 0 Å². The highest BCUT2D eigenvalue weighted by molar-refractivity contribution is 5.77. The maximum Gasteiger partial charge on any atom is 0.223 e. The summed E-state index contributed by atoms with van der Waals surface area (Å²) in [6.45, 7) is 7.89. The lowest BCUT2D eigenvalue weighted by Crippen LogP contribution is -2.56. The molecule has 0 radical (unpaired) electrons. The summed E-state index contributed by atoms with van der Waals surface area (Å²) in [5.41, 5.74) is 0. The average Bonchev–Trinajstić information content (AvgIpc) is 3.26. The molecule has 0 aromatic rings. The summed E-state index contributed by atoms with van der Waals surface area (Å²) >= 11 is 0. The zero-order valence-corrected chi connectivity index (χ0v) is 13.9. The van der Waals surface area contributed by atoms with Gasteiger partial charge >= 0.3 is 0 Å². The Labute approximate surface area is 130 Å². The third kappa shape index (κ3) is 3.80. The summed E-state index contributed by atoms with van der Waals surface area (Å²) in [7, 11) is 0. The second kappa shape index (κ2) is 6.68. The minimum Gasteiger partial charge on any atom is -0.338 e. The minimum absolute atomic E-state index is 0.410. The first-order valence-electron chi connectivity index (χ1n) is 9.18. The zero-order valence-electron chi connectivity index (χ0n) is 13.9. The molecule has 0 unspecified atom stereocenters. The minimum atomic E-state index is 0.410. The van der Waals surface area contributed by atoms with E-state index in [2.05, 4.69) is 23.6 Å². The predicted molar refractivity (Wildman–Crippen MR) is 86.1 cm³/mol. The average molecular weight is 292 g/mol. The van der Waals surface area contributed by atoms with Crippen molar-refractivity contribution in [2.45, 2.75) is 77.3 Å². The molecule has 1 amide bonds. The van der Waals surface area contributed by atoms with E-state index in [0.29, 0.717) is 23.9 Å². The Bertz CT molecular complexity index is 364. The smallest absolute Gasteiger partial charge is 0.223 e. The highest BCUT2D eigenvalue weighted by atomic mass is 16.2. The molecule has 2 atom stereocenters. The number of rotatable bonds is 4. The summed E-state index contributed by atoms with van der Waals surface area (Å²) in [5.74, 6) is 1.85. The number of fused-ring (bicyclic) bond motifs is 1. The van der Waals surface area contributed by atoms with Crippen molar-refractivity contribution in [3.63, 3.8) is 0 Å². The van der Waals surface area contributed by atoms with Gasteiger partial charge in [0, 0.05) is 31.6 Å². The molecule has 2 aliphatic heterocycles. The fourth-order valence-corrected chi connectivity index (χ4v) is 4.28. The lowest BCUT2D eigenvalue weighted by atomic mass is 9.91. The van der Waals surface area contributed by atoms with Crippen LogP contribution in [0, 0.1) is 11.8 Å². The summed E-state index contributed by atoms with van der Waals surface area (Å²) < 4.78 is 0. The van der Waals surface area contributed by atoms with E-state index in [1.165, 1.54) is 58.0 Å². The van der Waals surface area contributed by atoms with Gasteiger partial charge < -0.3 is 4.90 Å². The molecule has 1 aliphatic carbocycles. The molecule has 3 nitrogen and oxygen atoms in total. The molecule has 3 heteroatoms. The van der Waals surface area contributed by atoms with Gasteiger partial charge in [0.25, 0.3) is 0 Å². The molecule has 1 saturated carbocycles. The van der Waals surface area contributed by atoms with Crippen molar-refractivity contribution in [2.75, 3.05) is 19.6 Å². The van der Waals surface area contributed by atoms with Crippen molar-refractivity contribution in [1.82, 2.24) is 9.80 Å². The van der Waals surface area contributed by atoms with Crippen LogP contribution < -0.4 is 0 Å². The highest BCUT2D eigenvalue weighted by Crippen LogP contribution is 2.35. The van der Waals surface area contributed by atoms with Crippen LogP contribution in [0.4, 0.5) is 0 Å². The monoisotopic (exact) mass is 292 g/mol. The Morgan fingerprint density at radius 1 is 1.00 bits per heavy atom.